The maximum atomic E-state index is 13.4. The van der Waals surface area contributed by atoms with Crippen molar-refractivity contribution in [1.29, 1.82) is 0 Å². The van der Waals surface area contributed by atoms with Crippen molar-refractivity contribution >= 4 is 35.8 Å². The van der Waals surface area contributed by atoms with Crippen molar-refractivity contribution in [3.05, 3.63) is 0 Å². The first-order chi connectivity index (χ1) is 50.0. The van der Waals surface area contributed by atoms with Crippen LogP contribution >= 0.6 is 0 Å². The predicted octanol–water partition coefficient (Wildman–Crippen LogP) is 32.5. The molecule has 3 unspecified atom stereocenters. The highest BCUT2D eigenvalue weighted by atomic mass is 16.6. The molecule has 0 aromatic rings. The van der Waals surface area contributed by atoms with Gasteiger partial charge in [-0.1, -0.05) is 445 Å². The SMILES string of the molecule is C.C.C.C.C.C.C.C.C.C.C.C.C.C.C.C.C.C.CCCCCCCCCCCCCCCCCC(=O)OCCOCCOC(CC)CC(=O)OCC(COC(=O)CC(CC)OCCOCCOC(=O)CCCCCCCCCCCCCCCCC)OC(=O)CC(CC)OCCOCCOC(=O)CCCCCCCCCCCCCCCCC. The summed E-state index contributed by atoms with van der Waals surface area (Å²) in [6, 6.07) is 0. The largest absolute Gasteiger partial charge is 0.463 e. The number of ether oxygens (including phenoxy) is 12. The Hall–Kier alpha value is -3.42. The molecule has 0 N–H and O–H groups in total. The van der Waals surface area contributed by atoms with Crippen LogP contribution in [0.1, 0.15) is 522 Å². The molecule has 3 atom stereocenters. The maximum absolute atomic E-state index is 13.4. The molecule has 0 spiro atoms. The fourth-order valence-electron chi connectivity index (χ4n) is 12.3. The Morgan fingerprint density at radius 2 is 0.358 bits per heavy atom. The Morgan fingerprint density at radius 1 is 0.183 bits per heavy atom. The number of carbonyl (C=O) groups is 6. The van der Waals surface area contributed by atoms with Gasteiger partial charge in [-0.15, -0.1) is 0 Å². The summed E-state index contributed by atoms with van der Waals surface area (Å²) in [5.74, 6) is -2.44. The van der Waals surface area contributed by atoms with E-state index in [1.165, 1.54) is 231 Å². The average molecular weight is 1740 g/mol. The van der Waals surface area contributed by atoms with E-state index in [4.69, 9.17) is 56.8 Å². The van der Waals surface area contributed by atoms with Gasteiger partial charge in [0.15, 0.2) is 6.10 Å². The summed E-state index contributed by atoms with van der Waals surface area (Å²) in [6.07, 6.45) is 57.0. The monoisotopic (exact) mass is 1740 g/mol. The predicted molar refractivity (Wildman–Crippen MR) is 531 cm³/mol. The molecule has 0 aromatic heterocycles. The molecule has 0 radical (unpaired) electrons. The molecular weight excluding hydrogens is 1510 g/mol. The second-order valence-electron chi connectivity index (χ2n) is 28.4. The van der Waals surface area contributed by atoms with Crippen LogP contribution in [-0.4, -0.2) is 153 Å². The lowest BCUT2D eigenvalue weighted by Crippen LogP contribution is -2.33. The number of hydrogen-bond acceptors (Lipinski definition) is 18. The molecular formula is C102H230O18. The molecule has 0 amide bonds. The Balaban J connectivity index is -0.000000333. The van der Waals surface area contributed by atoms with Gasteiger partial charge in [-0.25, -0.2) is 0 Å². The van der Waals surface area contributed by atoms with E-state index in [1.807, 2.05) is 20.8 Å². The summed E-state index contributed by atoms with van der Waals surface area (Å²) in [5, 5.41) is 0. The Labute approximate surface area is 756 Å². The fraction of sp³-hybridized carbons (Fsp3) is 0.941. The summed E-state index contributed by atoms with van der Waals surface area (Å²) in [5.41, 5.74) is 0. The zero-order chi connectivity index (χ0) is 74.3. The van der Waals surface area contributed by atoms with Gasteiger partial charge in [-0.2, -0.15) is 0 Å². The zero-order valence-corrected chi connectivity index (χ0v) is 66.7. The summed E-state index contributed by atoms with van der Waals surface area (Å²) < 4.78 is 67.8. The molecule has 120 heavy (non-hydrogen) atoms. The highest BCUT2D eigenvalue weighted by Gasteiger charge is 2.25. The minimum atomic E-state index is -1.12. The first-order valence-corrected chi connectivity index (χ1v) is 42.6. The van der Waals surface area contributed by atoms with Crippen LogP contribution in [0.5, 0.6) is 0 Å². The van der Waals surface area contributed by atoms with E-state index in [1.54, 1.807) is 0 Å². The van der Waals surface area contributed by atoms with Gasteiger partial charge in [0.05, 0.1) is 97.0 Å². The minimum Gasteiger partial charge on any atom is -0.463 e. The van der Waals surface area contributed by atoms with Crippen molar-refractivity contribution in [3.8, 4) is 0 Å². The molecule has 0 saturated carbocycles. The van der Waals surface area contributed by atoms with Crippen LogP contribution in [0, 0.1) is 0 Å². The molecule has 0 rings (SSSR count). The van der Waals surface area contributed by atoms with E-state index in [0.29, 0.717) is 38.5 Å². The standard InChI is InChI=1S/C84H158O18.18CH4/c1-7-13-16-19-22-25-28-31-34-37-40-43-46-49-52-55-79(85)97-67-61-91-58-64-94-75(10-4)70-82(88)100-73-78(102-84(90)72-77(12-6)96-66-60-93-63-69-99-81(87)57-54-51-48-45-42-39-36-33-30-27-24-21-18-15-9-3)74-101-83(89)71-76(11-5)95-65-59-92-62-68-98-80(86)56-53-50-47-44-41-38-35-32-29-26-23-20-17-14-8-2;;;;;;;;;;;;;;;;;;/h75-78H,7-74H2,1-6H3;18*1H4. The highest BCUT2D eigenvalue weighted by Crippen LogP contribution is 2.19. The van der Waals surface area contributed by atoms with Gasteiger partial charge in [0, 0.05) is 19.3 Å². The van der Waals surface area contributed by atoms with Crippen LogP contribution in [0.2, 0.25) is 0 Å². The van der Waals surface area contributed by atoms with E-state index in [2.05, 4.69) is 20.8 Å². The number of rotatable bonds is 83. The normalized spacial score (nSPS) is 10.8. The Kier molecular flexibility index (Phi) is 182. The summed E-state index contributed by atoms with van der Waals surface area (Å²) in [6.45, 7) is 14.2. The van der Waals surface area contributed by atoms with Gasteiger partial charge in [0.1, 0.15) is 33.0 Å². The van der Waals surface area contributed by atoms with Crippen molar-refractivity contribution in [2.45, 2.75) is 546 Å². The third-order valence-corrected chi connectivity index (χ3v) is 18.9. The molecule has 0 aliphatic carbocycles. The van der Waals surface area contributed by atoms with Crippen molar-refractivity contribution in [1.82, 2.24) is 0 Å². The molecule has 0 bridgehead atoms. The van der Waals surface area contributed by atoms with Crippen LogP contribution in [-0.2, 0) is 85.6 Å². The molecule has 0 saturated heterocycles. The van der Waals surface area contributed by atoms with Gasteiger partial charge in [0.25, 0.3) is 0 Å². The van der Waals surface area contributed by atoms with Crippen molar-refractivity contribution in [2.24, 2.45) is 0 Å². The van der Waals surface area contributed by atoms with Gasteiger partial charge in [-0.3, -0.25) is 28.8 Å². The van der Waals surface area contributed by atoms with Crippen molar-refractivity contribution in [3.63, 3.8) is 0 Å². The second-order valence-corrected chi connectivity index (χ2v) is 28.4. The molecule has 0 fully saturated rings. The molecule has 18 heteroatoms. The molecule has 0 aliphatic heterocycles. The number of hydrogen-bond donors (Lipinski definition) is 0. The highest BCUT2D eigenvalue weighted by molar-refractivity contribution is 5.72. The van der Waals surface area contributed by atoms with Crippen LogP contribution < -0.4 is 0 Å². The molecule has 18 nitrogen and oxygen atoms in total. The molecule has 0 aliphatic rings. The van der Waals surface area contributed by atoms with E-state index < -0.39 is 42.3 Å². The first-order valence-electron chi connectivity index (χ1n) is 42.6. The Bertz CT molecular complexity index is 1760. The lowest BCUT2D eigenvalue weighted by molar-refractivity contribution is -0.170. The molecule has 746 valence electrons. The van der Waals surface area contributed by atoms with Gasteiger partial charge in [-0.05, 0) is 38.5 Å². The van der Waals surface area contributed by atoms with Crippen LogP contribution in [0.4, 0.5) is 0 Å². The summed E-state index contributed by atoms with van der Waals surface area (Å²) in [7, 11) is 0. The number of unbranched alkanes of at least 4 members (excludes halogenated alkanes) is 42. The van der Waals surface area contributed by atoms with E-state index in [-0.39, 0.29) is 263 Å². The van der Waals surface area contributed by atoms with Crippen LogP contribution in [0.3, 0.4) is 0 Å². The van der Waals surface area contributed by atoms with Gasteiger partial charge >= 0.3 is 35.8 Å². The average Bonchev–Trinajstić information content (AvgIpc) is 0.921. The van der Waals surface area contributed by atoms with Crippen LogP contribution in [0.25, 0.3) is 0 Å². The number of carbonyl (C=O) groups excluding carboxylic acids is 6. The first kappa shape index (κ1) is 164. The van der Waals surface area contributed by atoms with Crippen LogP contribution in [0.15, 0.2) is 0 Å². The lowest BCUT2D eigenvalue weighted by atomic mass is 10.0. The van der Waals surface area contributed by atoms with Gasteiger partial charge < -0.3 is 56.8 Å². The van der Waals surface area contributed by atoms with Crippen molar-refractivity contribution < 1.29 is 85.6 Å². The Morgan fingerprint density at radius 3 is 0.550 bits per heavy atom. The minimum absolute atomic E-state index is 0. The second kappa shape index (κ2) is 134. The fourth-order valence-corrected chi connectivity index (χ4v) is 12.3. The van der Waals surface area contributed by atoms with Gasteiger partial charge in [0.2, 0.25) is 0 Å². The van der Waals surface area contributed by atoms with E-state index in [9.17, 15) is 28.8 Å². The molecule has 0 heterocycles. The van der Waals surface area contributed by atoms with E-state index >= 15 is 0 Å². The number of esters is 6. The topological polar surface area (TPSA) is 213 Å². The maximum Gasteiger partial charge on any atom is 0.308 e. The quantitative estimate of drug-likeness (QED) is 0.0314. The third-order valence-electron chi connectivity index (χ3n) is 18.9. The zero-order valence-electron chi connectivity index (χ0n) is 66.7. The van der Waals surface area contributed by atoms with Crippen molar-refractivity contribution in [2.75, 3.05) is 92.5 Å². The van der Waals surface area contributed by atoms with E-state index in [0.717, 1.165) is 57.8 Å². The molecule has 0 aromatic carbocycles. The summed E-state index contributed by atoms with van der Waals surface area (Å²) in [4.78, 5) is 76.7. The lowest BCUT2D eigenvalue weighted by Gasteiger charge is -2.22. The smallest absolute Gasteiger partial charge is 0.308 e. The summed E-state index contributed by atoms with van der Waals surface area (Å²) >= 11 is 0. The third kappa shape index (κ3) is 123.